The monoisotopic (exact) mass is 523 g/mol. The lowest BCUT2D eigenvalue weighted by atomic mass is 9.94. The zero-order valence-corrected chi connectivity index (χ0v) is 21.0. The number of rotatable bonds is 9. The lowest BCUT2D eigenvalue weighted by molar-refractivity contribution is -0.135. The molecule has 0 bridgehead atoms. The smallest absolute Gasteiger partial charge is 0.261 e. The fraction of sp³-hybridized carbons (Fsp3) is 0.259. The SMILES string of the molecule is Cc1ccc(S(=O)(=O)Nc2ccc(C[C@H](CC(=O)NO)C(=O)N[C@H]3c4ccccc4C[C@H]3O)cc2)cc1. The quantitative estimate of drug-likeness (QED) is 0.215. The summed E-state index contributed by atoms with van der Waals surface area (Å²) >= 11 is 0. The van der Waals surface area contributed by atoms with E-state index in [1.165, 1.54) is 12.1 Å². The van der Waals surface area contributed by atoms with Crippen LogP contribution in [-0.4, -0.2) is 36.6 Å². The van der Waals surface area contributed by atoms with Crippen LogP contribution < -0.4 is 15.5 Å². The van der Waals surface area contributed by atoms with Gasteiger partial charge >= 0.3 is 0 Å². The van der Waals surface area contributed by atoms with E-state index in [0.29, 0.717) is 17.7 Å². The second-order valence-corrected chi connectivity index (χ2v) is 10.9. The molecule has 2 amide bonds. The van der Waals surface area contributed by atoms with Crippen LogP contribution >= 0.6 is 0 Å². The number of carbonyl (C=O) groups is 2. The minimum absolute atomic E-state index is 0.143. The van der Waals surface area contributed by atoms with Crippen LogP contribution in [-0.2, 0) is 32.5 Å². The third kappa shape index (κ3) is 6.34. The summed E-state index contributed by atoms with van der Waals surface area (Å²) < 4.78 is 27.8. The molecule has 0 heterocycles. The summed E-state index contributed by atoms with van der Waals surface area (Å²) in [7, 11) is -3.76. The Morgan fingerprint density at radius 3 is 2.35 bits per heavy atom. The number of aliphatic hydroxyl groups excluding tert-OH is 1. The van der Waals surface area contributed by atoms with E-state index in [0.717, 1.165) is 16.7 Å². The highest BCUT2D eigenvalue weighted by Crippen LogP contribution is 2.32. The molecule has 3 aromatic carbocycles. The molecule has 0 unspecified atom stereocenters. The molecule has 0 saturated heterocycles. The number of aryl methyl sites for hydroxylation is 1. The standard InChI is InChI=1S/C27H29N3O6S/c1-17-6-12-22(13-7-17)37(35,36)30-21-10-8-18(9-11-21)14-20(16-25(32)29-34)27(33)28-26-23-5-3-2-4-19(23)15-24(26)31/h2-13,20,24,26,30-31,34H,14-16H2,1H3,(H,28,33)(H,29,32)/t20-,24-,26+/m1/s1. The van der Waals surface area contributed by atoms with Gasteiger partial charge in [-0.1, -0.05) is 54.1 Å². The highest BCUT2D eigenvalue weighted by molar-refractivity contribution is 7.92. The maximum Gasteiger partial charge on any atom is 0.261 e. The van der Waals surface area contributed by atoms with Crippen molar-refractivity contribution >= 4 is 27.5 Å². The molecule has 0 radical (unpaired) electrons. The highest BCUT2D eigenvalue weighted by atomic mass is 32.2. The molecule has 37 heavy (non-hydrogen) atoms. The van der Waals surface area contributed by atoms with E-state index in [1.54, 1.807) is 41.9 Å². The van der Waals surface area contributed by atoms with Gasteiger partial charge in [-0.15, -0.1) is 0 Å². The Kier molecular flexibility index (Phi) is 7.91. The summed E-state index contributed by atoms with van der Waals surface area (Å²) in [6, 6.07) is 19.9. The predicted octanol–water partition coefficient (Wildman–Crippen LogP) is 2.62. The van der Waals surface area contributed by atoms with Crippen molar-refractivity contribution in [2.24, 2.45) is 5.92 Å². The summed E-state index contributed by atoms with van der Waals surface area (Å²) in [6.07, 6.45) is -0.471. The molecule has 9 nitrogen and oxygen atoms in total. The van der Waals surface area contributed by atoms with Gasteiger partial charge in [0, 0.05) is 18.5 Å². The topological polar surface area (TPSA) is 145 Å². The van der Waals surface area contributed by atoms with Crippen LogP contribution in [0.2, 0.25) is 0 Å². The van der Waals surface area contributed by atoms with Gasteiger partial charge in [0.15, 0.2) is 0 Å². The molecule has 10 heteroatoms. The third-order valence-corrected chi connectivity index (χ3v) is 7.85. The van der Waals surface area contributed by atoms with Crippen LogP contribution in [0.15, 0.2) is 77.7 Å². The number of benzene rings is 3. The highest BCUT2D eigenvalue weighted by Gasteiger charge is 2.34. The Labute approximate surface area is 215 Å². The molecular formula is C27H29N3O6S. The van der Waals surface area contributed by atoms with Crippen LogP contribution in [0.25, 0.3) is 0 Å². The average Bonchev–Trinajstić information content (AvgIpc) is 3.19. The number of fused-ring (bicyclic) bond motifs is 1. The molecule has 194 valence electrons. The van der Waals surface area contributed by atoms with Crippen LogP contribution in [0.3, 0.4) is 0 Å². The lowest BCUT2D eigenvalue weighted by Crippen LogP contribution is -2.40. The molecule has 0 aliphatic heterocycles. The van der Waals surface area contributed by atoms with Crippen LogP contribution in [0, 0.1) is 12.8 Å². The van der Waals surface area contributed by atoms with Crippen molar-refractivity contribution in [1.29, 1.82) is 0 Å². The first kappa shape index (κ1) is 26.3. The molecule has 3 atom stereocenters. The summed E-state index contributed by atoms with van der Waals surface area (Å²) in [4.78, 5) is 25.2. The number of nitrogens with one attached hydrogen (secondary N) is 3. The largest absolute Gasteiger partial charge is 0.390 e. The summed E-state index contributed by atoms with van der Waals surface area (Å²) in [6.45, 7) is 1.87. The average molecular weight is 524 g/mol. The van der Waals surface area contributed by atoms with Gasteiger partial charge in [0.05, 0.1) is 23.0 Å². The predicted molar refractivity (Wildman–Crippen MR) is 137 cm³/mol. The lowest BCUT2D eigenvalue weighted by Gasteiger charge is -2.22. The number of hydrogen-bond acceptors (Lipinski definition) is 6. The van der Waals surface area contributed by atoms with Crippen molar-refractivity contribution in [2.75, 3.05) is 4.72 Å². The van der Waals surface area contributed by atoms with Crippen molar-refractivity contribution in [3.05, 3.63) is 95.1 Å². The Bertz CT molecular complexity index is 1370. The summed E-state index contributed by atoms with van der Waals surface area (Å²) in [5.74, 6) is -1.98. The Hall–Kier alpha value is -3.73. The maximum atomic E-state index is 13.2. The van der Waals surface area contributed by atoms with E-state index in [-0.39, 0.29) is 17.7 Å². The van der Waals surface area contributed by atoms with E-state index in [2.05, 4.69) is 10.0 Å². The Morgan fingerprint density at radius 2 is 1.68 bits per heavy atom. The molecule has 3 aromatic rings. The van der Waals surface area contributed by atoms with Gasteiger partial charge in [0.1, 0.15) is 0 Å². The van der Waals surface area contributed by atoms with E-state index >= 15 is 0 Å². The van der Waals surface area contributed by atoms with Crippen molar-refractivity contribution < 1.29 is 28.3 Å². The number of aliphatic hydroxyl groups is 1. The van der Waals surface area contributed by atoms with Gasteiger partial charge in [-0.2, -0.15) is 0 Å². The van der Waals surface area contributed by atoms with E-state index in [4.69, 9.17) is 5.21 Å². The summed E-state index contributed by atoms with van der Waals surface area (Å²) in [5, 5.41) is 22.4. The second-order valence-electron chi connectivity index (χ2n) is 9.21. The molecule has 1 aliphatic carbocycles. The Balaban J connectivity index is 1.46. The normalized spacial score (nSPS) is 17.5. The number of hydrogen-bond donors (Lipinski definition) is 5. The molecule has 4 rings (SSSR count). The van der Waals surface area contributed by atoms with Crippen LogP contribution in [0.4, 0.5) is 5.69 Å². The molecule has 0 saturated carbocycles. The van der Waals surface area contributed by atoms with E-state index in [9.17, 15) is 23.1 Å². The minimum atomic E-state index is -3.76. The fourth-order valence-corrected chi connectivity index (χ4v) is 5.53. The van der Waals surface area contributed by atoms with Crippen molar-refractivity contribution in [2.45, 2.75) is 43.2 Å². The molecule has 0 spiro atoms. The first-order valence-corrected chi connectivity index (χ1v) is 13.3. The number of sulfonamides is 1. The fourth-order valence-electron chi connectivity index (χ4n) is 4.47. The number of carbonyl (C=O) groups excluding carboxylic acids is 2. The van der Waals surface area contributed by atoms with E-state index in [1.807, 2.05) is 31.2 Å². The third-order valence-electron chi connectivity index (χ3n) is 6.45. The first-order valence-electron chi connectivity index (χ1n) is 11.8. The number of amides is 2. The van der Waals surface area contributed by atoms with Crippen molar-refractivity contribution in [1.82, 2.24) is 10.8 Å². The van der Waals surface area contributed by atoms with Gasteiger partial charge in [-0.05, 0) is 54.3 Å². The number of hydroxylamine groups is 1. The van der Waals surface area contributed by atoms with Gasteiger partial charge < -0.3 is 10.4 Å². The maximum absolute atomic E-state index is 13.2. The molecule has 0 aromatic heterocycles. The molecule has 5 N–H and O–H groups in total. The van der Waals surface area contributed by atoms with Gasteiger partial charge in [-0.3, -0.25) is 19.5 Å². The zero-order chi connectivity index (χ0) is 26.6. The van der Waals surface area contributed by atoms with Gasteiger partial charge in [0.25, 0.3) is 10.0 Å². The van der Waals surface area contributed by atoms with Gasteiger partial charge in [-0.25, -0.2) is 13.9 Å². The van der Waals surface area contributed by atoms with Gasteiger partial charge in [0.2, 0.25) is 11.8 Å². The summed E-state index contributed by atoms with van der Waals surface area (Å²) in [5.41, 5.74) is 5.34. The van der Waals surface area contributed by atoms with Crippen molar-refractivity contribution in [3.63, 3.8) is 0 Å². The van der Waals surface area contributed by atoms with Crippen molar-refractivity contribution in [3.8, 4) is 0 Å². The zero-order valence-electron chi connectivity index (χ0n) is 20.2. The molecular weight excluding hydrogens is 494 g/mol. The number of anilines is 1. The minimum Gasteiger partial charge on any atom is -0.390 e. The Morgan fingerprint density at radius 1 is 1.00 bits per heavy atom. The van der Waals surface area contributed by atoms with Crippen LogP contribution in [0.1, 0.15) is 34.7 Å². The van der Waals surface area contributed by atoms with E-state index < -0.39 is 39.9 Å². The molecule has 0 fully saturated rings. The first-order chi connectivity index (χ1) is 17.7. The second kappa shape index (κ2) is 11.1. The molecule has 1 aliphatic rings. The van der Waals surface area contributed by atoms with Crippen LogP contribution in [0.5, 0.6) is 0 Å².